The summed E-state index contributed by atoms with van der Waals surface area (Å²) in [6.45, 7) is 9.37. The lowest BCUT2D eigenvalue weighted by atomic mass is 9.54. The van der Waals surface area contributed by atoms with Crippen LogP contribution in [0.1, 0.15) is 90.5 Å². The second-order valence-corrected chi connectivity index (χ2v) is 20.9. The fourth-order valence-electron chi connectivity index (χ4n) is 10.7. The molecule has 1 saturated heterocycles. The average molecular weight is 801 g/mol. The van der Waals surface area contributed by atoms with Crippen molar-refractivity contribution in [2.75, 3.05) is 13.7 Å². The molecule has 0 spiro atoms. The lowest BCUT2D eigenvalue weighted by molar-refractivity contribution is -0.144. The van der Waals surface area contributed by atoms with Crippen LogP contribution in [0.15, 0.2) is 67.3 Å². The van der Waals surface area contributed by atoms with E-state index in [1.54, 1.807) is 7.11 Å². The second-order valence-electron chi connectivity index (χ2n) is 18.9. The van der Waals surface area contributed by atoms with Gasteiger partial charge in [0.2, 0.25) is 21.8 Å². The number of nitrogens with one attached hydrogen (secondary N) is 3. The molecule has 7 aliphatic rings. The number of ether oxygens (including phenoxy) is 2. The smallest absolute Gasteiger partial charge is 0.408 e. The number of nitrogens with zero attached hydrogens (tertiary/aromatic N) is 1. The summed E-state index contributed by atoms with van der Waals surface area (Å²) < 4.78 is 40.4. The van der Waals surface area contributed by atoms with Gasteiger partial charge in [0.15, 0.2) is 0 Å². The first-order valence-corrected chi connectivity index (χ1v) is 22.1. The molecule has 6 aliphatic carbocycles. The molecule has 7 fully saturated rings. The number of carbonyl (C=O) groups is 4. The molecule has 5 atom stereocenters. The Labute approximate surface area is 335 Å². The lowest BCUT2D eigenvalue weighted by Gasteiger charge is -2.55. The van der Waals surface area contributed by atoms with Gasteiger partial charge in [-0.25, -0.2) is 13.2 Å². The molecule has 1 aliphatic heterocycles. The first-order chi connectivity index (χ1) is 27.0. The molecule has 0 unspecified atom stereocenters. The number of amides is 4. The van der Waals surface area contributed by atoms with Crippen molar-refractivity contribution in [2.45, 2.75) is 119 Å². The fourth-order valence-corrected chi connectivity index (χ4v) is 12.1. The molecule has 0 aromatic heterocycles. The van der Waals surface area contributed by atoms with Crippen LogP contribution in [-0.2, 0) is 39.5 Å². The van der Waals surface area contributed by atoms with Crippen molar-refractivity contribution in [1.29, 1.82) is 0 Å². The van der Waals surface area contributed by atoms with Gasteiger partial charge < -0.3 is 25.0 Å². The average Bonchev–Trinajstić information content (AvgIpc) is 4.09. The van der Waals surface area contributed by atoms with Gasteiger partial charge in [-0.3, -0.25) is 19.1 Å². The molecule has 57 heavy (non-hydrogen) atoms. The van der Waals surface area contributed by atoms with E-state index in [4.69, 9.17) is 9.47 Å². The third kappa shape index (κ3) is 7.50. The van der Waals surface area contributed by atoms with Gasteiger partial charge in [-0.05, 0) is 97.6 Å². The molecular weight excluding hydrogens is 745 g/mol. The zero-order chi connectivity index (χ0) is 40.5. The standard InChI is InChI=1S/C44H56N4O8S/c1-6-32-24-44(32,39(51)47-57(53,54)34-16-17-34)46-37(49)35-25-43(55-5,33-14-12-31(13-15-33)30-10-8-7-9-11-30)26-48(35)38(50)36(41(2,3)4)45-40(52)56-42-21-27-18-28(22-42)20-29(19-27)23-42/h6-15,27-29,32,34-36H,1,16-26H2,2-5H3,(H,45,52)(H,46,49)(H,47,51)/t27?,28?,29?,32-,35+,36-,42?,43+,44-/m1/s1. The number of rotatable bonds is 12. The topological polar surface area (TPSA) is 160 Å². The third-order valence-electron chi connectivity index (χ3n) is 13.7. The number of hydrogen-bond donors (Lipinski definition) is 3. The van der Waals surface area contributed by atoms with E-state index in [9.17, 15) is 22.8 Å². The summed E-state index contributed by atoms with van der Waals surface area (Å²) in [5.41, 5.74) is -1.24. The van der Waals surface area contributed by atoms with Crippen molar-refractivity contribution in [3.8, 4) is 11.1 Å². The zero-order valence-corrected chi connectivity index (χ0v) is 34.2. The molecule has 13 heteroatoms. The Kier molecular flexibility index (Phi) is 9.90. The van der Waals surface area contributed by atoms with Crippen LogP contribution in [0.2, 0.25) is 0 Å². The maximum Gasteiger partial charge on any atom is 0.408 e. The number of methoxy groups -OCH3 is 1. The summed E-state index contributed by atoms with van der Waals surface area (Å²) in [6, 6.07) is 15.5. The highest BCUT2D eigenvalue weighted by Crippen LogP contribution is 2.57. The molecule has 2 aromatic carbocycles. The summed E-state index contributed by atoms with van der Waals surface area (Å²) in [5, 5.41) is 5.19. The first kappa shape index (κ1) is 39.6. The first-order valence-electron chi connectivity index (χ1n) is 20.5. The summed E-state index contributed by atoms with van der Waals surface area (Å²) in [6.07, 6.45) is 8.13. The van der Waals surface area contributed by atoms with E-state index in [1.165, 1.54) is 30.2 Å². The number of sulfonamides is 1. The van der Waals surface area contributed by atoms with Crippen molar-refractivity contribution in [3.05, 3.63) is 72.8 Å². The van der Waals surface area contributed by atoms with E-state index >= 15 is 4.79 Å². The highest BCUT2D eigenvalue weighted by molar-refractivity contribution is 7.91. The Morgan fingerprint density at radius 1 is 0.877 bits per heavy atom. The van der Waals surface area contributed by atoms with Crippen molar-refractivity contribution in [1.82, 2.24) is 20.3 Å². The normalized spacial score (nSPS) is 33.3. The maximum atomic E-state index is 15.0. The molecule has 3 N–H and O–H groups in total. The molecule has 4 bridgehead atoms. The maximum absolute atomic E-state index is 15.0. The van der Waals surface area contributed by atoms with Crippen LogP contribution in [0.3, 0.4) is 0 Å². The Bertz CT molecular complexity index is 2010. The number of alkyl carbamates (subject to hydrolysis) is 1. The number of carbonyl (C=O) groups excluding carboxylic acids is 4. The Balaban J connectivity index is 1.08. The molecule has 6 saturated carbocycles. The van der Waals surface area contributed by atoms with E-state index in [-0.39, 0.29) is 19.4 Å². The van der Waals surface area contributed by atoms with E-state index in [0.29, 0.717) is 30.6 Å². The van der Waals surface area contributed by atoms with E-state index in [1.807, 2.05) is 75.4 Å². The third-order valence-corrected chi connectivity index (χ3v) is 15.6. The summed E-state index contributed by atoms with van der Waals surface area (Å²) in [7, 11) is -2.36. The molecule has 4 amide bonds. The van der Waals surface area contributed by atoms with Gasteiger partial charge in [0, 0.05) is 19.4 Å². The monoisotopic (exact) mass is 800 g/mol. The van der Waals surface area contributed by atoms with Crippen molar-refractivity contribution in [2.24, 2.45) is 29.1 Å². The number of hydrogen-bond acceptors (Lipinski definition) is 8. The van der Waals surface area contributed by atoms with Crippen LogP contribution in [-0.4, -0.2) is 79.3 Å². The second kappa shape index (κ2) is 14.2. The quantitative estimate of drug-likeness (QED) is 0.235. The van der Waals surface area contributed by atoms with Crippen molar-refractivity contribution in [3.63, 3.8) is 0 Å². The van der Waals surface area contributed by atoms with Gasteiger partial charge in [-0.2, -0.15) is 0 Å². The lowest BCUT2D eigenvalue weighted by Crippen LogP contribution is -2.61. The van der Waals surface area contributed by atoms with E-state index in [2.05, 4.69) is 21.9 Å². The van der Waals surface area contributed by atoms with Crippen LogP contribution in [0.25, 0.3) is 11.1 Å². The van der Waals surface area contributed by atoms with Crippen LogP contribution >= 0.6 is 0 Å². The Hall–Kier alpha value is -4.23. The molecule has 12 nitrogen and oxygen atoms in total. The van der Waals surface area contributed by atoms with Crippen LogP contribution in [0, 0.1) is 29.1 Å². The predicted molar refractivity (Wildman–Crippen MR) is 214 cm³/mol. The van der Waals surface area contributed by atoms with Crippen molar-refractivity contribution >= 4 is 33.8 Å². The van der Waals surface area contributed by atoms with Gasteiger partial charge in [0.05, 0.1) is 11.8 Å². The minimum atomic E-state index is -3.90. The summed E-state index contributed by atoms with van der Waals surface area (Å²) in [5.74, 6) is -0.775. The van der Waals surface area contributed by atoms with E-state index < -0.39 is 79.2 Å². The van der Waals surface area contributed by atoms with Gasteiger partial charge in [-0.1, -0.05) is 81.4 Å². The SMILES string of the molecule is C=C[C@@H]1C[C@]1(NC(=O)[C@@H]1C[C@@](OC)(c2ccc(-c3ccccc3)cc2)CN1C(=O)[C@@H](NC(=O)OC12CC3CC(CC(C3)C1)C2)C(C)(C)C)C(=O)NS(=O)(=O)C1CC1. The van der Waals surface area contributed by atoms with Crippen LogP contribution < -0.4 is 15.4 Å². The molecule has 9 rings (SSSR count). The van der Waals surface area contributed by atoms with Gasteiger partial charge >= 0.3 is 6.09 Å². The van der Waals surface area contributed by atoms with Crippen LogP contribution in [0.5, 0.6) is 0 Å². The minimum Gasteiger partial charge on any atom is -0.443 e. The van der Waals surface area contributed by atoms with E-state index in [0.717, 1.165) is 36.0 Å². The Morgan fingerprint density at radius 2 is 1.47 bits per heavy atom. The largest absolute Gasteiger partial charge is 0.443 e. The van der Waals surface area contributed by atoms with Gasteiger partial charge in [0.25, 0.3) is 5.91 Å². The highest BCUT2D eigenvalue weighted by Gasteiger charge is 2.63. The summed E-state index contributed by atoms with van der Waals surface area (Å²) >= 11 is 0. The molecule has 306 valence electrons. The zero-order valence-electron chi connectivity index (χ0n) is 33.4. The number of likely N-dealkylation sites (tertiary alicyclic amines) is 1. The Morgan fingerprint density at radius 3 is 2.00 bits per heavy atom. The van der Waals surface area contributed by atoms with Gasteiger partial charge in [0.1, 0.15) is 28.8 Å². The molecule has 2 aromatic rings. The molecule has 0 radical (unpaired) electrons. The van der Waals surface area contributed by atoms with Crippen molar-refractivity contribution < 1.29 is 37.1 Å². The molecular formula is C44H56N4O8S. The minimum absolute atomic E-state index is 0.0243. The summed E-state index contributed by atoms with van der Waals surface area (Å²) in [4.78, 5) is 58.7. The van der Waals surface area contributed by atoms with Gasteiger partial charge in [-0.15, -0.1) is 6.58 Å². The fraction of sp³-hybridized carbons (Fsp3) is 0.591. The molecule has 1 heterocycles. The predicted octanol–water partition coefficient (Wildman–Crippen LogP) is 5.58. The van der Waals surface area contributed by atoms with Crippen LogP contribution in [0.4, 0.5) is 4.79 Å². The number of benzene rings is 2. The highest BCUT2D eigenvalue weighted by atomic mass is 32.2.